The molecule has 1 aromatic heterocycles. The topological polar surface area (TPSA) is 92.4 Å². The fraction of sp³-hybridized carbons (Fsp3) is 0.160. The number of nitriles is 1. The number of nitrogens with zero attached hydrogens (tertiary/aromatic N) is 2. The zero-order valence-electron chi connectivity index (χ0n) is 16.9. The molecule has 0 unspecified atom stereocenters. The number of fused-ring (bicyclic) bond motifs is 1. The minimum atomic E-state index is -1.05. The van der Waals surface area contributed by atoms with Crippen LogP contribution in [0.1, 0.15) is 32.7 Å². The minimum absolute atomic E-state index is 0.00628. The van der Waals surface area contributed by atoms with Gasteiger partial charge in [-0.2, -0.15) is 5.26 Å². The molecule has 154 valence electrons. The molecule has 0 amide bonds. The average molecular weight is 412 g/mol. The van der Waals surface area contributed by atoms with Crippen LogP contribution in [0.5, 0.6) is 11.5 Å². The van der Waals surface area contributed by atoms with Gasteiger partial charge in [0, 0.05) is 18.9 Å². The molecule has 4 rings (SSSR count). The van der Waals surface area contributed by atoms with Crippen LogP contribution in [0.15, 0.2) is 60.8 Å². The van der Waals surface area contributed by atoms with E-state index in [0.29, 0.717) is 28.3 Å². The highest BCUT2D eigenvalue weighted by molar-refractivity contribution is 5.93. The standard InChI is InChI=1S/C25H20N2O4/c1-30-24-15-27-21(10-20(14-26)16-7-4-8-19(9-16)25(28)29)13-23(24)31-22-11-17-5-2-3-6-18(17)12-22/h2-10,13,15,22H,11-12H2,1H3,(H,28,29). The summed E-state index contributed by atoms with van der Waals surface area (Å²) in [5.41, 5.74) is 4.01. The molecule has 3 aromatic rings. The Morgan fingerprint density at radius 2 is 1.81 bits per heavy atom. The van der Waals surface area contributed by atoms with Crippen LogP contribution in [0, 0.1) is 11.3 Å². The molecule has 0 bridgehead atoms. The lowest BCUT2D eigenvalue weighted by Crippen LogP contribution is -2.17. The van der Waals surface area contributed by atoms with E-state index < -0.39 is 5.97 Å². The molecule has 0 fully saturated rings. The van der Waals surface area contributed by atoms with Crippen LogP contribution >= 0.6 is 0 Å². The molecular weight excluding hydrogens is 392 g/mol. The fourth-order valence-electron chi connectivity index (χ4n) is 3.69. The number of allylic oxidation sites excluding steroid dienone is 1. The molecule has 6 heteroatoms. The lowest BCUT2D eigenvalue weighted by atomic mass is 10.0. The smallest absolute Gasteiger partial charge is 0.335 e. The van der Waals surface area contributed by atoms with Gasteiger partial charge in [-0.1, -0.05) is 36.4 Å². The van der Waals surface area contributed by atoms with E-state index in [9.17, 15) is 15.2 Å². The molecule has 0 aliphatic heterocycles. The molecule has 31 heavy (non-hydrogen) atoms. The summed E-state index contributed by atoms with van der Waals surface area (Å²) < 4.78 is 11.6. The van der Waals surface area contributed by atoms with Gasteiger partial charge >= 0.3 is 5.97 Å². The number of methoxy groups -OCH3 is 1. The summed E-state index contributed by atoms with van der Waals surface area (Å²) in [4.78, 5) is 15.6. The monoisotopic (exact) mass is 412 g/mol. The lowest BCUT2D eigenvalue weighted by Gasteiger charge is -2.16. The quantitative estimate of drug-likeness (QED) is 0.604. The highest BCUT2D eigenvalue weighted by Crippen LogP contribution is 2.32. The van der Waals surface area contributed by atoms with Crippen molar-refractivity contribution < 1.29 is 19.4 Å². The Morgan fingerprint density at radius 1 is 1.10 bits per heavy atom. The molecule has 1 aliphatic carbocycles. The molecular formula is C25H20N2O4. The summed E-state index contributed by atoms with van der Waals surface area (Å²) in [6.07, 6.45) is 4.80. The maximum atomic E-state index is 11.2. The van der Waals surface area contributed by atoms with Gasteiger partial charge in [0.2, 0.25) is 0 Å². The highest BCUT2D eigenvalue weighted by Gasteiger charge is 2.23. The largest absolute Gasteiger partial charge is 0.491 e. The Balaban J connectivity index is 1.62. The first-order valence-corrected chi connectivity index (χ1v) is 9.80. The second-order valence-electron chi connectivity index (χ2n) is 7.23. The van der Waals surface area contributed by atoms with Gasteiger partial charge in [0.25, 0.3) is 0 Å². The van der Waals surface area contributed by atoms with E-state index in [-0.39, 0.29) is 11.7 Å². The number of pyridine rings is 1. The summed E-state index contributed by atoms with van der Waals surface area (Å²) in [5, 5.41) is 18.8. The van der Waals surface area contributed by atoms with Gasteiger partial charge < -0.3 is 14.6 Å². The van der Waals surface area contributed by atoms with E-state index in [2.05, 4.69) is 23.2 Å². The lowest BCUT2D eigenvalue weighted by molar-refractivity contribution is 0.0697. The van der Waals surface area contributed by atoms with Gasteiger partial charge in [0.1, 0.15) is 6.10 Å². The SMILES string of the molecule is COc1cnc(C=C(C#N)c2cccc(C(=O)O)c2)cc1OC1Cc2ccccc2C1. The van der Waals surface area contributed by atoms with Crippen molar-refractivity contribution >= 4 is 17.6 Å². The third-order valence-corrected chi connectivity index (χ3v) is 5.21. The van der Waals surface area contributed by atoms with Gasteiger partial charge in [0.15, 0.2) is 11.5 Å². The summed E-state index contributed by atoms with van der Waals surface area (Å²) in [7, 11) is 1.56. The average Bonchev–Trinajstić information content (AvgIpc) is 3.20. The van der Waals surface area contributed by atoms with Crippen LogP contribution in [0.25, 0.3) is 11.6 Å². The van der Waals surface area contributed by atoms with Crippen molar-refractivity contribution in [3.8, 4) is 17.6 Å². The van der Waals surface area contributed by atoms with Crippen molar-refractivity contribution in [1.82, 2.24) is 4.98 Å². The number of aromatic carboxylic acids is 1. The number of ether oxygens (including phenoxy) is 2. The second kappa shape index (κ2) is 8.72. The number of carbonyl (C=O) groups is 1. The maximum absolute atomic E-state index is 11.2. The Bertz CT molecular complexity index is 1190. The third-order valence-electron chi connectivity index (χ3n) is 5.21. The number of carboxylic acids is 1. The Kier molecular flexibility index (Phi) is 5.67. The van der Waals surface area contributed by atoms with Gasteiger partial charge in [-0.05, 0) is 34.9 Å². The molecule has 6 nitrogen and oxygen atoms in total. The molecule has 1 N–H and O–H groups in total. The first kappa shape index (κ1) is 20.2. The molecule has 0 spiro atoms. The van der Waals surface area contributed by atoms with Crippen LogP contribution in [0.3, 0.4) is 0 Å². The van der Waals surface area contributed by atoms with Crippen molar-refractivity contribution in [3.05, 3.63) is 88.7 Å². The summed E-state index contributed by atoms with van der Waals surface area (Å²) in [5.74, 6) is 0.0209. The highest BCUT2D eigenvalue weighted by atomic mass is 16.5. The molecule has 2 aromatic carbocycles. The molecule has 1 aliphatic rings. The Labute approximate surface area is 180 Å². The summed E-state index contributed by atoms with van der Waals surface area (Å²) in [6, 6.07) is 18.4. The van der Waals surface area contributed by atoms with Crippen LogP contribution in [-0.2, 0) is 12.8 Å². The molecule has 0 saturated carbocycles. The van der Waals surface area contributed by atoms with Gasteiger partial charge in [-0.15, -0.1) is 0 Å². The molecule has 0 atom stereocenters. The number of aromatic nitrogens is 1. The van der Waals surface area contributed by atoms with E-state index in [0.717, 1.165) is 12.8 Å². The zero-order valence-corrected chi connectivity index (χ0v) is 16.9. The van der Waals surface area contributed by atoms with Crippen LogP contribution < -0.4 is 9.47 Å². The van der Waals surface area contributed by atoms with E-state index >= 15 is 0 Å². The van der Waals surface area contributed by atoms with E-state index in [1.807, 2.05) is 12.1 Å². The van der Waals surface area contributed by atoms with Crippen LogP contribution in [0.2, 0.25) is 0 Å². The van der Waals surface area contributed by atoms with Crippen molar-refractivity contribution in [2.45, 2.75) is 18.9 Å². The second-order valence-corrected chi connectivity index (χ2v) is 7.23. The maximum Gasteiger partial charge on any atom is 0.335 e. The zero-order chi connectivity index (χ0) is 21.8. The van der Waals surface area contributed by atoms with E-state index in [1.165, 1.54) is 23.3 Å². The molecule has 0 radical (unpaired) electrons. The first-order chi connectivity index (χ1) is 15.1. The van der Waals surface area contributed by atoms with Gasteiger partial charge in [-0.3, -0.25) is 4.98 Å². The number of hydrogen-bond acceptors (Lipinski definition) is 5. The van der Waals surface area contributed by atoms with Crippen molar-refractivity contribution in [2.75, 3.05) is 7.11 Å². The third kappa shape index (κ3) is 4.41. The normalized spacial score (nSPS) is 13.4. The van der Waals surface area contributed by atoms with Crippen molar-refractivity contribution in [3.63, 3.8) is 0 Å². The fourth-order valence-corrected chi connectivity index (χ4v) is 3.69. The van der Waals surface area contributed by atoms with Gasteiger partial charge in [0.05, 0.1) is 36.2 Å². The van der Waals surface area contributed by atoms with Crippen LogP contribution in [0.4, 0.5) is 0 Å². The first-order valence-electron chi connectivity index (χ1n) is 9.80. The number of carboxylic acid groups (broad SMARTS) is 1. The number of rotatable bonds is 6. The minimum Gasteiger partial charge on any atom is -0.491 e. The Morgan fingerprint density at radius 3 is 2.45 bits per heavy atom. The van der Waals surface area contributed by atoms with Gasteiger partial charge in [-0.25, -0.2) is 4.79 Å². The number of hydrogen-bond donors (Lipinski definition) is 1. The van der Waals surface area contributed by atoms with E-state index in [4.69, 9.17) is 9.47 Å². The summed E-state index contributed by atoms with van der Waals surface area (Å²) >= 11 is 0. The number of benzene rings is 2. The van der Waals surface area contributed by atoms with Crippen molar-refractivity contribution in [2.24, 2.45) is 0 Å². The summed E-state index contributed by atoms with van der Waals surface area (Å²) in [6.45, 7) is 0. The van der Waals surface area contributed by atoms with Crippen molar-refractivity contribution in [1.29, 1.82) is 5.26 Å². The molecule has 0 saturated heterocycles. The van der Waals surface area contributed by atoms with Crippen LogP contribution in [-0.4, -0.2) is 29.3 Å². The predicted molar refractivity (Wildman–Crippen MR) is 116 cm³/mol. The van der Waals surface area contributed by atoms with E-state index in [1.54, 1.807) is 37.6 Å². The Hall–Kier alpha value is -4.11. The predicted octanol–water partition coefficient (Wildman–Crippen LogP) is 4.40. The molecule has 1 heterocycles.